The molecule has 5 heteroatoms. The van der Waals surface area contributed by atoms with E-state index in [9.17, 15) is 0 Å². The van der Waals surface area contributed by atoms with Crippen LogP contribution in [0, 0.1) is 6.92 Å². The molecule has 0 heterocycles. The number of hydrogen-bond acceptors (Lipinski definition) is 3. The maximum absolute atomic E-state index is 6.19. The van der Waals surface area contributed by atoms with Crippen LogP contribution in [0.3, 0.4) is 0 Å². The van der Waals surface area contributed by atoms with Crippen molar-refractivity contribution >= 4 is 28.9 Å². The van der Waals surface area contributed by atoms with Gasteiger partial charge < -0.3 is 14.8 Å². The standard InChI is InChI=1S/C22H21Cl2NO2/c1-15-4-3-5-17(10-15)14-27-21-9-6-16(11-22(21)26-2)13-25-20-12-18(23)7-8-19(20)24/h3-12,25H,13-14H2,1-2H3. The molecule has 3 nitrogen and oxygen atoms in total. The fraction of sp³-hybridized carbons (Fsp3) is 0.182. The van der Waals surface area contributed by atoms with Gasteiger partial charge in [0.1, 0.15) is 6.61 Å². The van der Waals surface area contributed by atoms with Gasteiger partial charge in [-0.2, -0.15) is 0 Å². The molecule has 0 fully saturated rings. The number of ether oxygens (including phenoxy) is 2. The van der Waals surface area contributed by atoms with E-state index in [1.54, 1.807) is 25.3 Å². The summed E-state index contributed by atoms with van der Waals surface area (Å²) in [6.07, 6.45) is 0. The first-order chi connectivity index (χ1) is 13.0. The summed E-state index contributed by atoms with van der Waals surface area (Å²) in [7, 11) is 1.64. The van der Waals surface area contributed by atoms with Crippen LogP contribution in [0.2, 0.25) is 10.0 Å². The highest BCUT2D eigenvalue weighted by atomic mass is 35.5. The smallest absolute Gasteiger partial charge is 0.161 e. The monoisotopic (exact) mass is 401 g/mol. The number of benzene rings is 3. The van der Waals surface area contributed by atoms with Crippen molar-refractivity contribution in [1.82, 2.24) is 0 Å². The summed E-state index contributed by atoms with van der Waals surface area (Å²) in [6, 6.07) is 19.5. The van der Waals surface area contributed by atoms with Gasteiger partial charge in [0.25, 0.3) is 0 Å². The van der Waals surface area contributed by atoms with Crippen LogP contribution >= 0.6 is 23.2 Å². The zero-order valence-electron chi connectivity index (χ0n) is 15.3. The molecule has 140 valence electrons. The molecule has 0 aliphatic carbocycles. The lowest BCUT2D eigenvalue weighted by Gasteiger charge is -2.14. The highest BCUT2D eigenvalue weighted by Crippen LogP contribution is 2.30. The molecule has 0 unspecified atom stereocenters. The van der Waals surface area contributed by atoms with E-state index in [-0.39, 0.29) is 0 Å². The van der Waals surface area contributed by atoms with Gasteiger partial charge in [-0.3, -0.25) is 0 Å². The second-order valence-corrected chi connectivity index (χ2v) is 7.08. The molecule has 0 aliphatic rings. The first-order valence-electron chi connectivity index (χ1n) is 8.59. The third-order valence-electron chi connectivity index (χ3n) is 4.12. The van der Waals surface area contributed by atoms with Crippen molar-refractivity contribution < 1.29 is 9.47 Å². The van der Waals surface area contributed by atoms with Gasteiger partial charge in [0.15, 0.2) is 11.5 Å². The van der Waals surface area contributed by atoms with Gasteiger partial charge in [0.2, 0.25) is 0 Å². The van der Waals surface area contributed by atoms with Crippen LogP contribution in [0.25, 0.3) is 0 Å². The fourth-order valence-corrected chi connectivity index (χ4v) is 3.09. The molecule has 0 saturated carbocycles. The topological polar surface area (TPSA) is 30.5 Å². The quantitative estimate of drug-likeness (QED) is 0.489. The highest BCUT2D eigenvalue weighted by Gasteiger charge is 2.08. The molecule has 1 N–H and O–H groups in total. The van der Waals surface area contributed by atoms with Gasteiger partial charge in [-0.05, 0) is 48.4 Å². The lowest BCUT2D eigenvalue weighted by atomic mass is 10.1. The second-order valence-electron chi connectivity index (χ2n) is 6.24. The Morgan fingerprint density at radius 1 is 0.889 bits per heavy atom. The fourth-order valence-electron chi connectivity index (χ4n) is 2.73. The molecular formula is C22H21Cl2NO2. The molecule has 0 atom stereocenters. The molecule has 0 spiro atoms. The Hall–Kier alpha value is -2.36. The summed E-state index contributed by atoms with van der Waals surface area (Å²) in [5.41, 5.74) is 4.18. The van der Waals surface area contributed by atoms with Gasteiger partial charge in [0.05, 0.1) is 17.8 Å². The zero-order valence-corrected chi connectivity index (χ0v) is 16.8. The molecule has 0 bridgehead atoms. The van der Waals surface area contributed by atoms with E-state index in [0.29, 0.717) is 34.7 Å². The Labute approximate surface area is 169 Å². The van der Waals surface area contributed by atoms with Crippen molar-refractivity contribution in [3.8, 4) is 11.5 Å². The zero-order chi connectivity index (χ0) is 19.2. The van der Waals surface area contributed by atoms with Crippen molar-refractivity contribution in [2.75, 3.05) is 12.4 Å². The van der Waals surface area contributed by atoms with E-state index >= 15 is 0 Å². The normalized spacial score (nSPS) is 10.5. The van der Waals surface area contributed by atoms with Crippen LogP contribution in [-0.4, -0.2) is 7.11 Å². The number of methoxy groups -OCH3 is 1. The number of rotatable bonds is 7. The van der Waals surface area contributed by atoms with E-state index in [4.69, 9.17) is 32.7 Å². The maximum Gasteiger partial charge on any atom is 0.161 e. The van der Waals surface area contributed by atoms with E-state index in [0.717, 1.165) is 16.8 Å². The van der Waals surface area contributed by atoms with Gasteiger partial charge in [-0.25, -0.2) is 0 Å². The molecule has 0 aliphatic heterocycles. The Balaban J connectivity index is 1.67. The number of halogens is 2. The Bertz CT molecular complexity index is 928. The molecular weight excluding hydrogens is 381 g/mol. The molecule has 3 aromatic carbocycles. The van der Waals surface area contributed by atoms with Gasteiger partial charge in [0, 0.05) is 11.6 Å². The van der Waals surface area contributed by atoms with Crippen LogP contribution in [0.1, 0.15) is 16.7 Å². The Morgan fingerprint density at radius 3 is 2.52 bits per heavy atom. The molecule has 0 saturated heterocycles. The van der Waals surface area contributed by atoms with Crippen molar-refractivity contribution in [3.63, 3.8) is 0 Å². The Morgan fingerprint density at radius 2 is 1.74 bits per heavy atom. The van der Waals surface area contributed by atoms with Gasteiger partial charge >= 0.3 is 0 Å². The number of nitrogens with one attached hydrogen (secondary N) is 1. The van der Waals surface area contributed by atoms with Crippen LogP contribution in [0.15, 0.2) is 60.7 Å². The highest BCUT2D eigenvalue weighted by molar-refractivity contribution is 6.35. The summed E-state index contributed by atoms with van der Waals surface area (Å²) >= 11 is 12.2. The van der Waals surface area contributed by atoms with Crippen LogP contribution in [0.4, 0.5) is 5.69 Å². The molecule has 0 aromatic heterocycles. The average molecular weight is 402 g/mol. The van der Waals surface area contributed by atoms with Gasteiger partial charge in [-0.1, -0.05) is 59.1 Å². The minimum Gasteiger partial charge on any atom is -0.493 e. The second kappa shape index (κ2) is 9.03. The predicted molar refractivity (Wildman–Crippen MR) is 112 cm³/mol. The molecule has 0 radical (unpaired) electrons. The van der Waals surface area contributed by atoms with E-state index in [1.807, 2.05) is 30.3 Å². The van der Waals surface area contributed by atoms with E-state index in [1.165, 1.54) is 5.56 Å². The molecule has 3 rings (SSSR count). The van der Waals surface area contributed by atoms with Crippen molar-refractivity contribution in [1.29, 1.82) is 0 Å². The molecule has 3 aromatic rings. The summed E-state index contributed by atoms with van der Waals surface area (Å²) in [4.78, 5) is 0. The summed E-state index contributed by atoms with van der Waals surface area (Å²) in [5.74, 6) is 1.41. The van der Waals surface area contributed by atoms with E-state index in [2.05, 4.69) is 24.4 Å². The number of anilines is 1. The molecule has 0 amide bonds. The third-order valence-corrected chi connectivity index (χ3v) is 4.68. The van der Waals surface area contributed by atoms with Crippen molar-refractivity contribution in [2.45, 2.75) is 20.1 Å². The summed E-state index contributed by atoms with van der Waals surface area (Å²) in [5, 5.41) is 4.56. The van der Waals surface area contributed by atoms with Crippen molar-refractivity contribution in [2.24, 2.45) is 0 Å². The maximum atomic E-state index is 6.19. The van der Waals surface area contributed by atoms with E-state index < -0.39 is 0 Å². The predicted octanol–water partition coefficient (Wildman–Crippen LogP) is 6.50. The largest absolute Gasteiger partial charge is 0.493 e. The number of hydrogen-bond donors (Lipinski definition) is 1. The Kier molecular flexibility index (Phi) is 6.49. The minimum atomic E-state index is 0.494. The van der Waals surface area contributed by atoms with Crippen LogP contribution in [-0.2, 0) is 13.2 Å². The SMILES string of the molecule is COc1cc(CNc2cc(Cl)ccc2Cl)ccc1OCc1cccc(C)c1. The van der Waals surface area contributed by atoms with Crippen LogP contribution in [0.5, 0.6) is 11.5 Å². The van der Waals surface area contributed by atoms with Crippen molar-refractivity contribution in [3.05, 3.63) is 87.4 Å². The lowest BCUT2D eigenvalue weighted by Crippen LogP contribution is -2.02. The van der Waals surface area contributed by atoms with Gasteiger partial charge in [-0.15, -0.1) is 0 Å². The first-order valence-corrected chi connectivity index (χ1v) is 9.35. The van der Waals surface area contributed by atoms with Crippen LogP contribution < -0.4 is 14.8 Å². The average Bonchev–Trinajstić information content (AvgIpc) is 2.67. The lowest BCUT2D eigenvalue weighted by molar-refractivity contribution is 0.284. The third kappa shape index (κ3) is 5.31. The minimum absolute atomic E-state index is 0.494. The molecule has 27 heavy (non-hydrogen) atoms. The summed E-state index contributed by atoms with van der Waals surface area (Å²) in [6.45, 7) is 3.15. The summed E-state index contributed by atoms with van der Waals surface area (Å²) < 4.78 is 11.4. The number of aryl methyl sites for hydroxylation is 1. The first kappa shape index (κ1) is 19.4.